The quantitative estimate of drug-likeness (QED) is 0.716. The van der Waals surface area contributed by atoms with E-state index in [4.69, 9.17) is 16.3 Å². The van der Waals surface area contributed by atoms with Gasteiger partial charge in [0.2, 0.25) is 5.91 Å². The van der Waals surface area contributed by atoms with Crippen LogP contribution < -0.4 is 15.4 Å². The molecule has 2 rings (SSSR count). The zero-order chi connectivity index (χ0) is 18.9. The van der Waals surface area contributed by atoms with E-state index in [1.165, 1.54) is 0 Å². The maximum Gasteiger partial charge on any atom is 0.251 e. The minimum atomic E-state index is -0.642. The summed E-state index contributed by atoms with van der Waals surface area (Å²) in [4.78, 5) is 25.1. The van der Waals surface area contributed by atoms with Crippen molar-refractivity contribution in [2.24, 2.45) is 0 Å². The number of rotatable bonds is 8. The number of amides is 2. The number of hydrogen-bond donors (Lipinski definition) is 2. The van der Waals surface area contributed by atoms with Gasteiger partial charge in [0.1, 0.15) is 11.8 Å². The molecule has 138 valence electrons. The van der Waals surface area contributed by atoms with E-state index in [9.17, 15) is 9.59 Å². The van der Waals surface area contributed by atoms with Crippen LogP contribution in [0.25, 0.3) is 0 Å². The topological polar surface area (TPSA) is 67.4 Å². The van der Waals surface area contributed by atoms with Crippen molar-refractivity contribution in [2.45, 2.75) is 12.5 Å². The molecule has 2 N–H and O–H groups in total. The average molecular weight is 393 g/mol. The van der Waals surface area contributed by atoms with Crippen molar-refractivity contribution in [2.75, 3.05) is 24.4 Å². The molecule has 7 heteroatoms. The first-order chi connectivity index (χ1) is 12.5. The van der Waals surface area contributed by atoms with Crippen molar-refractivity contribution in [3.8, 4) is 5.75 Å². The molecule has 26 heavy (non-hydrogen) atoms. The van der Waals surface area contributed by atoms with Gasteiger partial charge in [0, 0.05) is 22.3 Å². The Morgan fingerprint density at radius 1 is 1.19 bits per heavy atom. The second-order valence-corrected chi connectivity index (χ2v) is 6.96. The number of halogens is 1. The largest absolute Gasteiger partial charge is 0.497 e. The standard InChI is InChI=1S/C19H21ClN2O3S/c1-25-16-5-3-4-15(12-16)21-19(24)17(10-11-26-2)22-18(23)13-6-8-14(20)9-7-13/h3-9,12,17H,10-11H2,1-2H3,(H,21,24)(H,22,23)/t17-/m0/s1. The highest BCUT2D eigenvalue weighted by atomic mass is 35.5. The van der Waals surface area contributed by atoms with Gasteiger partial charge in [-0.3, -0.25) is 9.59 Å². The van der Waals surface area contributed by atoms with Crippen LogP contribution in [0.15, 0.2) is 48.5 Å². The van der Waals surface area contributed by atoms with E-state index >= 15 is 0 Å². The van der Waals surface area contributed by atoms with E-state index < -0.39 is 6.04 Å². The highest BCUT2D eigenvalue weighted by molar-refractivity contribution is 7.98. The van der Waals surface area contributed by atoms with Crippen molar-refractivity contribution in [3.63, 3.8) is 0 Å². The molecule has 2 aromatic carbocycles. The molecule has 0 aliphatic carbocycles. The summed E-state index contributed by atoms with van der Waals surface area (Å²) in [7, 11) is 1.56. The van der Waals surface area contributed by atoms with Crippen LogP contribution in [0.1, 0.15) is 16.8 Å². The molecular weight excluding hydrogens is 372 g/mol. The van der Waals surface area contributed by atoms with Crippen molar-refractivity contribution in [3.05, 3.63) is 59.1 Å². The Morgan fingerprint density at radius 3 is 2.58 bits per heavy atom. The van der Waals surface area contributed by atoms with Gasteiger partial charge in [-0.05, 0) is 54.8 Å². The summed E-state index contributed by atoms with van der Waals surface area (Å²) in [5.74, 6) is 0.814. The van der Waals surface area contributed by atoms with E-state index in [-0.39, 0.29) is 11.8 Å². The third-order valence-corrected chi connectivity index (χ3v) is 4.57. The lowest BCUT2D eigenvalue weighted by Gasteiger charge is -2.18. The molecule has 0 unspecified atom stereocenters. The summed E-state index contributed by atoms with van der Waals surface area (Å²) in [6.07, 6.45) is 2.48. The minimum Gasteiger partial charge on any atom is -0.497 e. The third-order valence-electron chi connectivity index (χ3n) is 3.68. The Bertz CT molecular complexity index is 753. The molecule has 2 amide bonds. The lowest BCUT2D eigenvalue weighted by molar-refractivity contribution is -0.118. The van der Waals surface area contributed by atoms with Gasteiger partial charge in [-0.2, -0.15) is 11.8 Å². The zero-order valence-corrected chi connectivity index (χ0v) is 16.2. The van der Waals surface area contributed by atoms with Crippen molar-refractivity contribution >= 4 is 40.9 Å². The van der Waals surface area contributed by atoms with Crippen molar-refractivity contribution in [1.82, 2.24) is 5.32 Å². The lowest BCUT2D eigenvalue weighted by Crippen LogP contribution is -2.44. The number of nitrogens with one attached hydrogen (secondary N) is 2. The molecule has 5 nitrogen and oxygen atoms in total. The minimum absolute atomic E-state index is 0.269. The number of ether oxygens (including phenoxy) is 1. The molecule has 0 saturated carbocycles. The Kier molecular flexibility index (Phi) is 7.81. The Hall–Kier alpha value is -2.18. The molecule has 0 saturated heterocycles. The summed E-state index contributed by atoms with van der Waals surface area (Å²) >= 11 is 7.46. The zero-order valence-electron chi connectivity index (χ0n) is 14.6. The molecular formula is C19H21ClN2O3S. The summed E-state index contributed by atoms with van der Waals surface area (Å²) in [5.41, 5.74) is 1.07. The fraction of sp³-hybridized carbons (Fsp3) is 0.263. The second-order valence-electron chi connectivity index (χ2n) is 5.54. The van der Waals surface area contributed by atoms with Crippen LogP contribution in [0.4, 0.5) is 5.69 Å². The summed E-state index contributed by atoms with van der Waals surface area (Å²) < 4.78 is 5.16. The Morgan fingerprint density at radius 2 is 1.92 bits per heavy atom. The normalized spacial score (nSPS) is 11.5. The van der Waals surface area contributed by atoms with E-state index in [0.717, 1.165) is 5.75 Å². The second kappa shape index (κ2) is 10.1. The smallest absolute Gasteiger partial charge is 0.251 e. The predicted molar refractivity (Wildman–Crippen MR) is 107 cm³/mol. The van der Waals surface area contributed by atoms with Crippen LogP contribution in [0, 0.1) is 0 Å². The number of benzene rings is 2. The van der Waals surface area contributed by atoms with Crippen LogP contribution in [-0.4, -0.2) is 37.0 Å². The monoisotopic (exact) mass is 392 g/mol. The molecule has 0 bridgehead atoms. The van der Waals surface area contributed by atoms with Crippen LogP contribution in [0.2, 0.25) is 5.02 Å². The van der Waals surface area contributed by atoms with Crippen LogP contribution in [0.3, 0.4) is 0 Å². The molecule has 0 aromatic heterocycles. The molecule has 0 aliphatic rings. The molecule has 0 fully saturated rings. The highest BCUT2D eigenvalue weighted by Crippen LogP contribution is 2.17. The van der Waals surface area contributed by atoms with Crippen molar-refractivity contribution < 1.29 is 14.3 Å². The number of hydrogen-bond acceptors (Lipinski definition) is 4. The van der Waals surface area contributed by atoms with E-state index in [1.807, 2.05) is 6.26 Å². The van der Waals surface area contributed by atoms with E-state index in [0.29, 0.717) is 28.4 Å². The maximum atomic E-state index is 12.6. The number of carbonyl (C=O) groups is 2. The SMILES string of the molecule is COc1cccc(NC(=O)[C@H](CCSC)NC(=O)c2ccc(Cl)cc2)c1. The Labute approximate surface area is 162 Å². The fourth-order valence-corrected chi connectivity index (χ4v) is 2.87. The molecule has 2 aromatic rings. The third kappa shape index (κ3) is 5.97. The molecule has 1 atom stereocenters. The van der Waals surface area contributed by atoms with Gasteiger partial charge >= 0.3 is 0 Å². The van der Waals surface area contributed by atoms with Gasteiger partial charge in [0.15, 0.2) is 0 Å². The van der Waals surface area contributed by atoms with Crippen LogP contribution in [0.5, 0.6) is 5.75 Å². The van der Waals surface area contributed by atoms with Crippen LogP contribution >= 0.6 is 23.4 Å². The van der Waals surface area contributed by atoms with Gasteiger partial charge in [-0.15, -0.1) is 0 Å². The summed E-state index contributed by atoms with van der Waals surface area (Å²) in [6, 6.07) is 13.0. The molecule has 0 spiro atoms. The van der Waals surface area contributed by atoms with Gasteiger partial charge in [0.05, 0.1) is 7.11 Å². The highest BCUT2D eigenvalue weighted by Gasteiger charge is 2.21. The first-order valence-corrected chi connectivity index (χ1v) is 9.81. The average Bonchev–Trinajstić information content (AvgIpc) is 2.65. The van der Waals surface area contributed by atoms with Crippen molar-refractivity contribution in [1.29, 1.82) is 0 Å². The van der Waals surface area contributed by atoms with Gasteiger partial charge < -0.3 is 15.4 Å². The molecule has 0 heterocycles. The Balaban J connectivity index is 2.08. The summed E-state index contributed by atoms with van der Waals surface area (Å²) in [6.45, 7) is 0. The number of methoxy groups -OCH3 is 1. The molecule has 0 radical (unpaired) electrons. The maximum absolute atomic E-state index is 12.6. The van der Waals surface area contributed by atoms with Gasteiger partial charge in [-0.25, -0.2) is 0 Å². The first kappa shape index (κ1) is 20.1. The van der Waals surface area contributed by atoms with Gasteiger partial charge in [-0.1, -0.05) is 17.7 Å². The number of anilines is 1. The van der Waals surface area contributed by atoms with Crippen LogP contribution in [-0.2, 0) is 4.79 Å². The summed E-state index contributed by atoms with van der Waals surface area (Å²) in [5, 5.41) is 6.18. The first-order valence-electron chi connectivity index (χ1n) is 8.03. The lowest BCUT2D eigenvalue weighted by atomic mass is 10.1. The molecule has 0 aliphatic heterocycles. The number of carbonyl (C=O) groups excluding carboxylic acids is 2. The fourth-order valence-electron chi connectivity index (χ4n) is 2.28. The van der Waals surface area contributed by atoms with E-state index in [2.05, 4.69) is 10.6 Å². The number of thioether (sulfide) groups is 1. The van der Waals surface area contributed by atoms with E-state index in [1.54, 1.807) is 67.4 Å². The van der Waals surface area contributed by atoms with Gasteiger partial charge in [0.25, 0.3) is 5.91 Å². The predicted octanol–water partition coefficient (Wildman–Crippen LogP) is 3.84.